The largest absolute Gasteiger partial charge is 0.0833 e. The first-order chi connectivity index (χ1) is 4.20. The van der Waals surface area contributed by atoms with E-state index in [1.165, 1.54) is 0 Å². The van der Waals surface area contributed by atoms with Crippen LogP contribution in [0, 0.1) is 26.0 Å². The second-order valence-corrected chi connectivity index (χ2v) is 2.41. The summed E-state index contributed by atoms with van der Waals surface area (Å²) in [4.78, 5) is 0. The summed E-state index contributed by atoms with van der Waals surface area (Å²) in [5.41, 5.74) is 2.05. The molecule has 46 valence electrons. The van der Waals surface area contributed by atoms with Crippen LogP contribution in [0.2, 0.25) is 5.02 Å². The van der Waals surface area contributed by atoms with Crippen molar-refractivity contribution in [3.8, 4) is 0 Å². The van der Waals surface area contributed by atoms with E-state index in [0.29, 0.717) is 5.02 Å². The molecule has 0 saturated carbocycles. The minimum Gasteiger partial charge on any atom is -0.0833 e. The van der Waals surface area contributed by atoms with E-state index >= 15 is 0 Å². The van der Waals surface area contributed by atoms with Crippen molar-refractivity contribution >= 4 is 11.6 Å². The summed E-state index contributed by atoms with van der Waals surface area (Å²) in [7, 11) is 0. The van der Waals surface area contributed by atoms with E-state index in [4.69, 9.17) is 11.6 Å². The number of rotatable bonds is 0. The molecule has 1 heteroatoms. The zero-order chi connectivity index (χ0) is 6.85. The quantitative estimate of drug-likeness (QED) is 0.517. The molecule has 0 saturated heterocycles. The Hall–Kier alpha value is -0.490. The van der Waals surface area contributed by atoms with Gasteiger partial charge in [-0.05, 0) is 37.1 Å². The van der Waals surface area contributed by atoms with Gasteiger partial charge >= 0.3 is 0 Å². The van der Waals surface area contributed by atoms with Crippen LogP contribution < -0.4 is 0 Å². The third kappa shape index (κ3) is 1.46. The van der Waals surface area contributed by atoms with Crippen LogP contribution in [-0.4, -0.2) is 0 Å². The molecule has 0 nitrogen and oxygen atoms in total. The van der Waals surface area contributed by atoms with Gasteiger partial charge < -0.3 is 0 Å². The van der Waals surface area contributed by atoms with Crippen LogP contribution in [0.3, 0.4) is 0 Å². The van der Waals surface area contributed by atoms with E-state index in [1.807, 2.05) is 19.9 Å². The molecule has 0 N–H and O–H groups in total. The molecule has 0 aliphatic rings. The molecule has 0 spiro atoms. The van der Waals surface area contributed by atoms with Gasteiger partial charge in [0.1, 0.15) is 0 Å². The van der Waals surface area contributed by atoms with Crippen molar-refractivity contribution < 1.29 is 0 Å². The van der Waals surface area contributed by atoms with Gasteiger partial charge in [-0.25, -0.2) is 0 Å². The molecule has 2 radical (unpaired) electrons. The van der Waals surface area contributed by atoms with E-state index in [-0.39, 0.29) is 0 Å². The van der Waals surface area contributed by atoms with Crippen molar-refractivity contribution in [1.82, 2.24) is 0 Å². The third-order valence-corrected chi connectivity index (χ3v) is 1.52. The first-order valence-electron chi connectivity index (χ1n) is 2.77. The molecule has 0 aliphatic carbocycles. The summed E-state index contributed by atoms with van der Waals surface area (Å²) in [5.74, 6) is 0. The van der Waals surface area contributed by atoms with Crippen molar-refractivity contribution in [1.29, 1.82) is 0 Å². The lowest BCUT2D eigenvalue weighted by Gasteiger charge is -1.94. The fourth-order valence-corrected chi connectivity index (χ4v) is 0.768. The lowest BCUT2D eigenvalue weighted by Crippen LogP contribution is -1.77. The van der Waals surface area contributed by atoms with E-state index in [1.54, 1.807) is 0 Å². The molecule has 0 bridgehead atoms. The summed E-state index contributed by atoms with van der Waals surface area (Å²) >= 11 is 5.69. The Labute approximate surface area is 60.5 Å². The van der Waals surface area contributed by atoms with Crippen LogP contribution in [0.15, 0.2) is 6.07 Å². The molecule has 0 fully saturated rings. The average Bonchev–Trinajstić information content (AvgIpc) is 1.80. The van der Waals surface area contributed by atoms with Gasteiger partial charge in [-0.1, -0.05) is 11.6 Å². The molecule has 9 heavy (non-hydrogen) atoms. The smallest absolute Gasteiger partial charge is 0.0520 e. The van der Waals surface area contributed by atoms with Crippen LogP contribution in [0.25, 0.3) is 0 Å². The zero-order valence-electron chi connectivity index (χ0n) is 5.46. The Morgan fingerprint density at radius 3 is 2.56 bits per heavy atom. The predicted octanol–water partition coefficient (Wildman–Crippen LogP) is 2.56. The highest BCUT2D eigenvalue weighted by Crippen LogP contribution is 2.13. The van der Waals surface area contributed by atoms with Crippen LogP contribution in [-0.2, 0) is 0 Å². The van der Waals surface area contributed by atoms with E-state index in [9.17, 15) is 0 Å². The van der Waals surface area contributed by atoms with Gasteiger partial charge in [0, 0.05) is 6.07 Å². The molecular weight excluding hydrogens is 132 g/mol. The Morgan fingerprint density at radius 2 is 2.11 bits per heavy atom. The van der Waals surface area contributed by atoms with Crippen LogP contribution in [0.1, 0.15) is 11.1 Å². The maximum absolute atomic E-state index is 5.69. The number of aryl methyl sites for hydroxylation is 2. The molecule has 0 aliphatic heterocycles. The topological polar surface area (TPSA) is 0 Å². The van der Waals surface area contributed by atoms with E-state index in [0.717, 1.165) is 11.1 Å². The number of hydrogen-bond acceptors (Lipinski definition) is 0. The summed E-state index contributed by atoms with van der Waals surface area (Å²) in [6, 6.07) is 7.81. The van der Waals surface area contributed by atoms with Gasteiger partial charge in [0.25, 0.3) is 0 Å². The summed E-state index contributed by atoms with van der Waals surface area (Å²) in [6.07, 6.45) is 0. The minimum atomic E-state index is 0.667. The zero-order valence-corrected chi connectivity index (χ0v) is 6.21. The van der Waals surface area contributed by atoms with Crippen molar-refractivity contribution in [2.45, 2.75) is 13.8 Å². The molecule has 1 aromatic rings. The van der Waals surface area contributed by atoms with Gasteiger partial charge in [0.05, 0.1) is 5.02 Å². The van der Waals surface area contributed by atoms with Crippen molar-refractivity contribution in [2.75, 3.05) is 0 Å². The summed E-state index contributed by atoms with van der Waals surface area (Å²) < 4.78 is 0. The lowest BCUT2D eigenvalue weighted by molar-refractivity contribution is 1.37. The average molecular weight is 139 g/mol. The minimum absolute atomic E-state index is 0.667. The fourth-order valence-electron chi connectivity index (χ4n) is 0.667. The first kappa shape index (κ1) is 6.63. The predicted molar refractivity (Wildman–Crippen MR) is 38.6 cm³/mol. The molecule has 0 aromatic heterocycles. The first-order valence-corrected chi connectivity index (χ1v) is 3.14. The van der Waals surface area contributed by atoms with Crippen LogP contribution >= 0.6 is 11.6 Å². The number of halogens is 1. The molecule has 1 aromatic carbocycles. The van der Waals surface area contributed by atoms with Gasteiger partial charge in [-0.3, -0.25) is 0 Å². The van der Waals surface area contributed by atoms with Crippen molar-refractivity contribution in [3.63, 3.8) is 0 Å². The van der Waals surface area contributed by atoms with E-state index in [2.05, 4.69) is 12.1 Å². The van der Waals surface area contributed by atoms with Gasteiger partial charge in [0.15, 0.2) is 0 Å². The Bertz CT molecular complexity index is 216. The highest BCUT2D eigenvalue weighted by atomic mass is 35.5. The van der Waals surface area contributed by atoms with E-state index < -0.39 is 0 Å². The van der Waals surface area contributed by atoms with Crippen LogP contribution in [0.5, 0.6) is 0 Å². The monoisotopic (exact) mass is 138 g/mol. The molecule has 0 heterocycles. The Kier molecular flexibility index (Phi) is 1.77. The second-order valence-electron chi connectivity index (χ2n) is 2.04. The molecular formula is C8H7Cl. The maximum atomic E-state index is 5.69. The highest BCUT2D eigenvalue weighted by Gasteiger charge is 1.92. The normalized spacial score (nSPS) is 9.67. The van der Waals surface area contributed by atoms with Crippen molar-refractivity contribution in [2.24, 2.45) is 0 Å². The molecule has 1 rings (SSSR count). The van der Waals surface area contributed by atoms with Gasteiger partial charge in [0.2, 0.25) is 0 Å². The molecule has 0 amide bonds. The third-order valence-electron chi connectivity index (χ3n) is 1.13. The summed E-state index contributed by atoms with van der Waals surface area (Å²) in [5, 5.41) is 0.667. The standard InChI is InChI=1S/C8H7Cl/c1-6-3-4-8(9)7(2)5-6/h3H,1-2H3. The highest BCUT2D eigenvalue weighted by molar-refractivity contribution is 6.31. The van der Waals surface area contributed by atoms with Gasteiger partial charge in [-0.2, -0.15) is 0 Å². The SMILES string of the molecule is Cc1[c]c(C)c(Cl)[c]c1. The van der Waals surface area contributed by atoms with Crippen LogP contribution in [0.4, 0.5) is 0 Å². The van der Waals surface area contributed by atoms with Gasteiger partial charge in [-0.15, -0.1) is 0 Å². The number of hydrogen-bond donors (Lipinski definition) is 0. The second kappa shape index (κ2) is 2.40. The maximum Gasteiger partial charge on any atom is 0.0520 e. The fraction of sp³-hybridized carbons (Fsp3) is 0.250. The lowest BCUT2D eigenvalue weighted by atomic mass is 10.2. The number of benzene rings is 1. The van der Waals surface area contributed by atoms with Crippen molar-refractivity contribution in [3.05, 3.63) is 34.3 Å². The summed E-state index contributed by atoms with van der Waals surface area (Å²) in [6.45, 7) is 3.89. The Balaban J connectivity index is 3.17. The Morgan fingerprint density at radius 1 is 1.44 bits per heavy atom. The molecule has 0 atom stereocenters. The molecule has 0 unspecified atom stereocenters.